The van der Waals surface area contributed by atoms with E-state index in [1.807, 2.05) is 0 Å². The van der Waals surface area contributed by atoms with E-state index in [9.17, 15) is 9.18 Å². The van der Waals surface area contributed by atoms with Crippen molar-refractivity contribution >= 4 is 17.5 Å². The molecule has 2 rings (SSSR count). The van der Waals surface area contributed by atoms with Gasteiger partial charge in [0, 0.05) is 13.1 Å². The lowest BCUT2D eigenvalue weighted by Crippen LogP contribution is -2.40. The van der Waals surface area contributed by atoms with Crippen molar-refractivity contribution in [2.24, 2.45) is 11.7 Å². The first kappa shape index (κ1) is 13.3. The summed E-state index contributed by atoms with van der Waals surface area (Å²) >= 11 is 5.89. The number of halogens is 2. The Morgan fingerprint density at radius 1 is 1.44 bits per heavy atom. The van der Waals surface area contributed by atoms with E-state index in [-0.39, 0.29) is 10.9 Å². The summed E-state index contributed by atoms with van der Waals surface area (Å²) in [5, 5.41) is 0.168. The quantitative estimate of drug-likeness (QED) is 0.896. The molecule has 0 atom stereocenters. The number of rotatable bonds is 2. The number of carbonyl (C=O) groups excluding carboxylic acids is 1. The van der Waals surface area contributed by atoms with Crippen LogP contribution in [-0.4, -0.2) is 30.4 Å². The summed E-state index contributed by atoms with van der Waals surface area (Å²) in [6, 6.07) is 3.86. The highest BCUT2D eigenvalue weighted by Gasteiger charge is 2.24. The van der Waals surface area contributed by atoms with Crippen molar-refractivity contribution < 1.29 is 9.18 Å². The first-order valence-corrected chi connectivity index (χ1v) is 6.44. The Morgan fingerprint density at radius 3 is 2.67 bits per heavy atom. The van der Waals surface area contributed by atoms with E-state index < -0.39 is 5.82 Å². The number of nitrogens with zero attached hydrogens (tertiary/aromatic N) is 1. The molecule has 0 aliphatic carbocycles. The van der Waals surface area contributed by atoms with Crippen LogP contribution in [0.5, 0.6) is 0 Å². The minimum atomic E-state index is -0.432. The molecular weight excluding hydrogens is 255 g/mol. The maximum Gasteiger partial charge on any atom is 0.255 e. The first-order chi connectivity index (χ1) is 8.61. The van der Waals surface area contributed by atoms with E-state index in [2.05, 4.69) is 0 Å². The fourth-order valence-electron chi connectivity index (χ4n) is 2.21. The van der Waals surface area contributed by atoms with Crippen molar-refractivity contribution in [2.45, 2.75) is 12.8 Å². The highest BCUT2D eigenvalue weighted by Crippen LogP contribution is 2.22. The molecule has 1 aromatic carbocycles. The molecule has 0 spiro atoms. The number of amides is 1. The molecule has 5 heteroatoms. The van der Waals surface area contributed by atoms with Gasteiger partial charge < -0.3 is 10.6 Å². The lowest BCUT2D eigenvalue weighted by Gasteiger charge is -2.31. The number of likely N-dealkylation sites (tertiary alicyclic amines) is 1. The zero-order chi connectivity index (χ0) is 13.1. The summed E-state index contributed by atoms with van der Waals surface area (Å²) in [7, 11) is 0. The molecule has 0 bridgehead atoms. The smallest absolute Gasteiger partial charge is 0.255 e. The van der Waals surface area contributed by atoms with Crippen LogP contribution in [0.1, 0.15) is 23.2 Å². The summed E-state index contributed by atoms with van der Waals surface area (Å²) in [5.41, 5.74) is 5.98. The van der Waals surface area contributed by atoms with Crippen molar-refractivity contribution in [1.82, 2.24) is 4.90 Å². The zero-order valence-corrected chi connectivity index (χ0v) is 10.8. The summed E-state index contributed by atoms with van der Waals surface area (Å²) in [6.07, 6.45) is 1.84. The Kier molecular flexibility index (Phi) is 4.19. The number of hydrogen-bond acceptors (Lipinski definition) is 2. The molecule has 1 aromatic rings. The fraction of sp³-hybridized carbons (Fsp3) is 0.462. The van der Waals surface area contributed by atoms with E-state index >= 15 is 0 Å². The molecule has 0 radical (unpaired) electrons. The van der Waals surface area contributed by atoms with Crippen LogP contribution in [0.25, 0.3) is 0 Å². The maximum absolute atomic E-state index is 12.9. The Morgan fingerprint density at radius 2 is 2.11 bits per heavy atom. The molecule has 0 aromatic heterocycles. The lowest BCUT2D eigenvalue weighted by molar-refractivity contribution is 0.0693. The summed E-state index contributed by atoms with van der Waals surface area (Å²) in [6.45, 7) is 2.04. The van der Waals surface area contributed by atoms with Crippen LogP contribution < -0.4 is 5.73 Å². The van der Waals surface area contributed by atoms with Crippen LogP contribution in [0, 0.1) is 11.7 Å². The second-order valence-electron chi connectivity index (χ2n) is 4.60. The van der Waals surface area contributed by atoms with Gasteiger partial charge >= 0.3 is 0 Å². The first-order valence-electron chi connectivity index (χ1n) is 6.06. The third-order valence-electron chi connectivity index (χ3n) is 3.40. The van der Waals surface area contributed by atoms with Gasteiger partial charge in [-0.05, 0) is 43.5 Å². The second kappa shape index (κ2) is 5.67. The topological polar surface area (TPSA) is 46.3 Å². The monoisotopic (exact) mass is 270 g/mol. The van der Waals surface area contributed by atoms with Gasteiger partial charge in [-0.3, -0.25) is 4.79 Å². The molecule has 1 aliphatic heterocycles. The maximum atomic E-state index is 12.9. The number of nitrogens with two attached hydrogens (primary N) is 1. The largest absolute Gasteiger partial charge is 0.339 e. The molecule has 1 saturated heterocycles. The summed E-state index contributed by atoms with van der Waals surface area (Å²) in [4.78, 5) is 14.0. The zero-order valence-electron chi connectivity index (χ0n) is 10.0. The van der Waals surface area contributed by atoms with Crippen molar-refractivity contribution in [1.29, 1.82) is 0 Å². The molecule has 1 fully saturated rings. The van der Waals surface area contributed by atoms with E-state index in [1.54, 1.807) is 4.90 Å². The predicted molar refractivity (Wildman–Crippen MR) is 69.1 cm³/mol. The van der Waals surface area contributed by atoms with E-state index in [4.69, 9.17) is 17.3 Å². The number of benzene rings is 1. The van der Waals surface area contributed by atoms with Gasteiger partial charge in [0.1, 0.15) is 5.82 Å². The number of hydrogen-bond donors (Lipinski definition) is 1. The predicted octanol–water partition coefficient (Wildman–Crippen LogP) is 2.29. The van der Waals surface area contributed by atoms with E-state index in [0.717, 1.165) is 12.8 Å². The molecule has 0 unspecified atom stereocenters. The number of carbonyl (C=O) groups is 1. The minimum Gasteiger partial charge on any atom is -0.339 e. The second-order valence-corrected chi connectivity index (χ2v) is 5.00. The van der Waals surface area contributed by atoms with Gasteiger partial charge in [-0.15, -0.1) is 0 Å². The van der Waals surface area contributed by atoms with E-state index in [0.29, 0.717) is 31.1 Å². The minimum absolute atomic E-state index is 0.129. The average molecular weight is 271 g/mol. The van der Waals surface area contributed by atoms with Crippen LogP contribution in [0.2, 0.25) is 5.02 Å². The van der Waals surface area contributed by atoms with E-state index in [1.165, 1.54) is 18.2 Å². The molecule has 1 aliphatic rings. The Hall–Kier alpha value is -1.13. The van der Waals surface area contributed by atoms with Crippen LogP contribution in [-0.2, 0) is 0 Å². The van der Waals surface area contributed by atoms with Crippen LogP contribution in [0.4, 0.5) is 4.39 Å². The van der Waals surface area contributed by atoms with Gasteiger partial charge in [0.2, 0.25) is 0 Å². The van der Waals surface area contributed by atoms with Crippen molar-refractivity contribution in [2.75, 3.05) is 19.6 Å². The van der Waals surface area contributed by atoms with Crippen LogP contribution in [0.3, 0.4) is 0 Å². The molecule has 2 N–H and O–H groups in total. The van der Waals surface area contributed by atoms with Gasteiger partial charge in [-0.25, -0.2) is 4.39 Å². The number of piperidine rings is 1. The molecule has 98 valence electrons. The highest BCUT2D eigenvalue weighted by atomic mass is 35.5. The molecule has 0 saturated carbocycles. The highest BCUT2D eigenvalue weighted by molar-refractivity contribution is 6.33. The van der Waals surface area contributed by atoms with Gasteiger partial charge in [0.25, 0.3) is 5.91 Å². The van der Waals surface area contributed by atoms with Crippen molar-refractivity contribution in [3.63, 3.8) is 0 Å². The van der Waals surface area contributed by atoms with Gasteiger partial charge in [-0.2, -0.15) is 0 Å². The standard InChI is InChI=1S/C13H16ClFN2O/c14-12-7-10(15)1-2-11(12)13(18)17-5-3-9(8-16)4-6-17/h1-2,7,9H,3-6,8,16H2. The third-order valence-corrected chi connectivity index (χ3v) is 3.71. The van der Waals surface area contributed by atoms with Crippen molar-refractivity contribution in [3.05, 3.63) is 34.6 Å². The third kappa shape index (κ3) is 2.82. The van der Waals surface area contributed by atoms with Gasteiger partial charge in [-0.1, -0.05) is 11.6 Å². The average Bonchev–Trinajstić information content (AvgIpc) is 2.38. The summed E-state index contributed by atoms with van der Waals surface area (Å²) < 4.78 is 12.9. The van der Waals surface area contributed by atoms with Crippen molar-refractivity contribution in [3.8, 4) is 0 Å². The fourth-order valence-corrected chi connectivity index (χ4v) is 2.45. The summed E-state index contributed by atoms with van der Waals surface area (Å²) in [5.74, 6) is -0.0633. The van der Waals surface area contributed by atoms with Crippen LogP contribution >= 0.6 is 11.6 Å². The Labute approximate surface area is 111 Å². The molecule has 1 amide bonds. The van der Waals surface area contributed by atoms with Gasteiger partial charge in [0.15, 0.2) is 0 Å². The van der Waals surface area contributed by atoms with Gasteiger partial charge in [0.05, 0.1) is 10.6 Å². The molecule has 18 heavy (non-hydrogen) atoms. The SMILES string of the molecule is NCC1CCN(C(=O)c2ccc(F)cc2Cl)CC1. The molecular formula is C13H16ClFN2O. The Bertz CT molecular complexity index is 445. The van der Waals surface area contributed by atoms with Crippen LogP contribution in [0.15, 0.2) is 18.2 Å². The molecule has 3 nitrogen and oxygen atoms in total. The lowest BCUT2D eigenvalue weighted by atomic mass is 9.96. The molecule has 1 heterocycles. The normalized spacial score (nSPS) is 16.9. The Balaban J connectivity index is 2.08.